The summed E-state index contributed by atoms with van der Waals surface area (Å²) in [6.07, 6.45) is 2.29. The van der Waals surface area contributed by atoms with Crippen LogP contribution < -0.4 is 5.32 Å². The zero-order chi connectivity index (χ0) is 8.13. The maximum Gasteiger partial charge on any atom is 0.0682 e. The number of aliphatic hydroxyl groups is 1. The van der Waals surface area contributed by atoms with Gasteiger partial charge in [0.05, 0.1) is 6.10 Å². The van der Waals surface area contributed by atoms with Crippen LogP contribution in [0.5, 0.6) is 0 Å². The molecule has 0 amide bonds. The average Bonchev–Trinajstić information content (AvgIpc) is 2.59. The van der Waals surface area contributed by atoms with Crippen molar-refractivity contribution < 1.29 is 5.11 Å². The summed E-state index contributed by atoms with van der Waals surface area (Å²) in [5.74, 6) is 0.877. The second kappa shape index (κ2) is 2.44. The van der Waals surface area contributed by atoms with Gasteiger partial charge in [-0.2, -0.15) is 0 Å². The van der Waals surface area contributed by atoms with Gasteiger partial charge in [0.25, 0.3) is 0 Å². The molecule has 0 aromatic carbocycles. The van der Waals surface area contributed by atoms with Gasteiger partial charge in [0, 0.05) is 25.2 Å². The minimum Gasteiger partial charge on any atom is -0.392 e. The van der Waals surface area contributed by atoms with Gasteiger partial charge in [-0.15, -0.1) is 0 Å². The first-order valence-electron chi connectivity index (χ1n) is 4.99. The molecule has 3 saturated heterocycles. The van der Waals surface area contributed by atoms with Crippen molar-refractivity contribution in [3.63, 3.8) is 0 Å². The van der Waals surface area contributed by atoms with E-state index in [9.17, 15) is 5.11 Å². The smallest absolute Gasteiger partial charge is 0.0682 e. The quantitative estimate of drug-likeness (QED) is 0.507. The fourth-order valence-electron chi connectivity index (χ4n) is 3.25. The predicted molar refractivity (Wildman–Crippen MR) is 45.9 cm³/mol. The third-order valence-corrected chi connectivity index (χ3v) is 3.74. The van der Waals surface area contributed by atoms with Crippen LogP contribution in [0.1, 0.15) is 12.8 Å². The second-order valence-corrected chi connectivity index (χ2v) is 4.46. The Hall–Kier alpha value is -0.120. The van der Waals surface area contributed by atoms with Crippen molar-refractivity contribution in [2.75, 3.05) is 19.6 Å². The molecule has 3 heteroatoms. The molecule has 2 N–H and O–H groups in total. The van der Waals surface area contributed by atoms with E-state index < -0.39 is 0 Å². The van der Waals surface area contributed by atoms with Crippen molar-refractivity contribution in [2.45, 2.75) is 31.0 Å². The van der Waals surface area contributed by atoms with Gasteiger partial charge in [0.2, 0.25) is 0 Å². The Bertz CT molecular complexity index is 197. The van der Waals surface area contributed by atoms with E-state index in [4.69, 9.17) is 0 Å². The lowest BCUT2D eigenvalue weighted by Gasteiger charge is -2.21. The number of nitrogens with one attached hydrogen (secondary N) is 1. The van der Waals surface area contributed by atoms with Crippen LogP contribution in [-0.2, 0) is 0 Å². The summed E-state index contributed by atoms with van der Waals surface area (Å²) >= 11 is 0. The molecule has 3 fully saturated rings. The molecule has 0 radical (unpaired) electrons. The number of hydrogen-bond donors (Lipinski definition) is 2. The molecule has 0 aromatic rings. The van der Waals surface area contributed by atoms with Crippen molar-refractivity contribution in [3.8, 4) is 0 Å². The Kier molecular flexibility index (Phi) is 1.48. The van der Waals surface area contributed by atoms with Gasteiger partial charge in [-0.1, -0.05) is 0 Å². The maximum atomic E-state index is 9.49. The van der Waals surface area contributed by atoms with Crippen molar-refractivity contribution >= 4 is 0 Å². The zero-order valence-corrected chi connectivity index (χ0v) is 7.24. The summed E-state index contributed by atoms with van der Waals surface area (Å²) in [6.45, 7) is 3.27. The summed E-state index contributed by atoms with van der Waals surface area (Å²) in [5.41, 5.74) is 0. The molecule has 3 aliphatic rings. The molecule has 0 aromatic heterocycles. The van der Waals surface area contributed by atoms with Crippen molar-refractivity contribution in [1.29, 1.82) is 0 Å². The standard InChI is InChI=1S/C9H16N2O/c12-8-2-7-1-6-3-10-4-9(6)11(7)5-8/h6-10,12H,1-5H2/t6-,7+,8-,9-/m0/s1. The van der Waals surface area contributed by atoms with E-state index in [1.165, 1.54) is 13.0 Å². The Morgan fingerprint density at radius 1 is 1.25 bits per heavy atom. The monoisotopic (exact) mass is 168 g/mol. The fraction of sp³-hybridized carbons (Fsp3) is 1.00. The van der Waals surface area contributed by atoms with Crippen LogP contribution in [-0.4, -0.2) is 47.8 Å². The molecule has 68 valence electrons. The van der Waals surface area contributed by atoms with Gasteiger partial charge >= 0.3 is 0 Å². The summed E-state index contributed by atoms with van der Waals surface area (Å²) in [4.78, 5) is 2.52. The summed E-state index contributed by atoms with van der Waals surface area (Å²) in [7, 11) is 0. The van der Waals surface area contributed by atoms with E-state index in [1.807, 2.05) is 0 Å². The highest BCUT2D eigenvalue weighted by molar-refractivity contribution is 5.03. The van der Waals surface area contributed by atoms with Crippen LogP contribution >= 0.6 is 0 Å². The van der Waals surface area contributed by atoms with Gasteiger partial charge in [0.1, 0.15) is 0 Å². The van der Waals surface area contributed by atoms with Crippen LogP contribution in [0.4, 0.5) is 0 Å². The number of fused-ring (bicyclic) bond motifs is 3. The highest BCUT2D eigenvalue weighted by Gasteiger charge is 2.47. The van der Waals surface area contributed by atoms with Gasteiger partial charge in [-0.25, -0.2) is 0 Å². The van der Waals surface area contributed by atoms with Crippen molar-refractivity contribution in [3.05, 3.63) is 0 Å². The molecule has 4 atom stereocenters. The molecule has 0 unspecified atom stereocenters. The Morgan fingerprint density at radius 3 is 3.08 bits per heavy atom. The highest BCUT2D eigenvalue weighted by atomic mass is 16.3. The van der Waals surface area contributed by atoms with Crippen LogP contribution in [0, 0.1) is 5.92 Å². The molecular formula is C9H16N2O. The molecule has 0 spiro atoms. The second-order valence-electron chi connectivity index (χ2n) is 4.46. The van der Waals surface area contributed by atoms with Gasteiger partial charge in [-0.05, 0) is 25.3 Å². The summed E-state index contributed by atoms with van der Waals surface area (Å²) in [6, 6.07) is 1.45. The summed E-state index contributed by atoms with van der Waals surface area (Å²) < 4.78 is 0. The average molecular weight is 168 g/mol. The highest BCUT2D eigenvalue weighted by Crippen LogP contribution is 2.38. The lowest BCUT2D eigenvalue weighted by atomic mass is 10.00. The molecule has 0 aliphatic carbocycles. The fourth-order valence-corrected chi connectivity index (χ4v) is 3.25. The van der Waals surface area contributed by atoms with Crippen molar-refractivity contribution in [1.82, 2.24) is 10.2 Å². The lowest BCUT2D eigenvalue weighted by molar-refractivity contribution is 0.161. The molecule has 0 bridgehead atoms. The maximum absolute atomic E-state index is 9.49. The van der Waals surface area contributed by atoms with E-state index >= 15 is 0 Å². The lowest BCUT2D eigenvalue weighted by Crippen LogP contribution is -2.36. The van der Waals surface area contributed by atoms with Gasteiger partial charge in [0.15, 0.2) is 0 Å². The normalized spacial score (nSPS) is 52.8. The van der Waals surface area contributed by atoms with Crippen LogP contribution in [0.25, 0.3) is 0 Å². The third kappa shape index (κ3) is 0.873. The van der Waals surface area contributed by atoms with E-state index in [1.54, 1.807) is 0 Å². The molecule has 3 aliphatic heterocycles. The molecule has 3 heterocycles. The van der Waals surface area contributed by atoms with E-state index in [0.717, 1.165) is 31.5 Å². The SMILES string of the molecule is O[C@H]1C[C@H]2C[C@H]3CNC[C@@H]3N2C1. The Labute approximate surface area is 72.7 Å². The summed E-state index contributed by atoms with van der Waals surface area (Å²) in [5, 5.41) is 12.9. The number of aliphatic hydroxyl groups excluding tert-OH is 1. The van der Waals surface area contributed by atoms with E-state index in [2.05, 4.69) is 10.2 Å². The molecule has 3 nitrogen and oxygen atoms in total. The van der Waals surface area contributed by atoms with Gasteiger partial charge < -0.3 is 10.4 Å². The Morgan fingerprint density at radius 2 is 2.17 bits per heavy atom. The van der Waals surface area contributed by atoms with Crippen LogP contribution in [0.15, 0.2) is 0 Å². The number of rotatable bonds is 0. The minimum atomic E-state index is -0.0449. The third-order valence-electron chi connectivity index (χ3n) is 3.74. The molecular weight excluding hydrogens is 152 g/mol. The van der Waals surface area contributed by atoms with Crippen LogP contribution in [0.2, 0.25) is 0 Å². The minimum absolute atomic E-state index is 0.0449. The zero-order valence-electron chi connectivity index (χ0n) is 7.24. The molecule has 12 heavy (non-hydrogen) atoms. The largest absolute Gasteiger partial charge is 0.392 e. The first-order valence-corrected chi connectivity index (χ1v) is 4.99. The topological polar surface area (TPSA) is 35.5 Å². The number of nitrogens with zero attached hydrogens (tertiary/aromatic N) is 1. The van der Waals surface area contributed by atoms with Gasteiger partial charge in [-0.3, -0.25) is 4.90 Å². The van der Waals surface area contributed by atoms with Crippen molar-refractivity contribution in [2.24, 2.45) is 5.92 Å². The first-order chi connectivity index (χ1) is 5.84. The number of hydrogen-bond acceptors (Lipinski definition) is 3. The van der Waals surface area contributed by atoms with E-state index in [-0.39, 0.29) is 6.10 Å². The first kappa shape index (κ1) is 7.30. The Balaban J connectivity index is 1.80. The van der Waals surface area contributed by atoms with Crippen LogP contribution in [0.3, 0.4) is 0 Å². The van der Waals surface area contributed by atoms with E-state index in [0.29, 0.717) is 6.04 Å². The predicted octanol–water partition coefficient (Wildman–Crippen LogP) is -0.587. The molecule has 0 saturated carbocycles. The molecule has 3 rings (SSSR count).